The number of hydrogen-bond donors (Lipinski definition) is 0. The van der Waals surface area contributed by atoms with Gasteiger partial charge in [-0.3, -0.25) is 4.90 Å². The van der Waals surface area contributed by atoms with Crippen LogP contribution in [0.5, 0.6) is 0 Å². The molecule has 80 valence electrons. The van der Waals surface area contributed by atoms with Crippen LogP contribution in [0.3, 0.4) is 0 Å². The Morgan fingerprint density at radius 3 is 2.57 bits per heavy atom. The Morgan fingerprint density at radius 2 is 2.00 bits per heavy atom. The number of hydrogen-bond acceptors (Lipinski definition) is 3. The van der Waals surface area contributed by atoms with Gasteiger partial charge in [-0.15, -0.1) is 0 Å². The largest absolute Gasteiger partial charge is 0.298 e. The van der Waals surface area contributed by atoms with Gasteiger partial charge >= 0.3 is 0 Å². The number of isocyanates is 1. The van der Waals surface area contributed by atoms with E-state index in [2.05, 4.69) is 23.7 Å². The SMILES string of the molecule is CC1CCCC(C)N1CCCN=C=O. The second kappa shape index (κ2) is 5.94. The molecule has 3 nitrogen and oxygen atoms in total. The predicted molar refractivity (Wildman–Crippen MR) is 57.1 cm³/mol. The van der Waals surface area contributed by atoms with Crippen molar-refractivity contribution in [1.29, 1.82) is 0 Å². The summed E-state index contributed by atoms with van der Waals surface area (Å²) in [5.41, 5.74) is 0. The van der Waals surface area contributed by atoms with E-state index in [1.54, 1.807) is 6.08 Å². The monoisotopic (exact) mass is 196 g/mol. The van der Waals surface area contributed by atoms with E-state index in [1.807, 2.05) is 0 Å². The first kappa shape index (κ1) is 11.4. The normalized spacial score (nSPS) is 28.4. The number of likely N-dealkylation sites (tertiary alicyclic amines) is 1. The molecule has 0 amide bonds. The van der Waals surface area contributed by atoms with Gasteiger partial charge in [-0.05, 0) is 33.1 Å². The van der Waals surface area contributed by atoms with E-state index >= 15 is 0 Å². The Kier molecular flexibility index (Phi) is 4.85. The Labute approximate surface area is 86.2 Å². The minimum atomic E-state index is 0.624. The number of carbonyl (C=O) groups excluding carboxylic acids is 1. The van der Waals surface area contributed by atoms with E-state index in [9.17, 15) is 4.79 Å². The van der Waals surface area contributed by atoms with Crippen molar-refractivity contribution in [1.82, 2.24) is 4.90 Å². The third-order valence-electron chi connectivity index (χ3n) is 3.13. The highest BCUT2D eigenvalue weighted by molar-refractivity contribution is 5.32. The van der Waals surface area contributed by atoms with E-state index in [-0.39, 0.29) is 0 Å². The minimum Gasteiger partial charge on any atom is -0.298 e. The molecular formula is C11H20N2O. The zero-order valence-electron chi connectivity index (χ0n) is 9.20. The molecule has 14 heavy (non-hydrogen) atoms. The van der Waals surface area contributed by atoms with Crippen molar-refractivity contribution in [3.63, 3.8) is 0 Å². The first-order chi connectivity index (χ1) is 6.75. The lowest BCUT2D eigenvalue weighted by Crippen LogP contribution is -2.44. The minimum absolute atomic E-state index is 0.624. The lowest BCUT2D eigenvalue weighted by atomic mass is 9.97. The maximum atomic E-state index is 9.88. The van der Waals surface area contributed by atoms with Crippen LogP contribution in [0.15, 0.2) is 4.99 Å². The van der Waals surface area contributed by atoms with Crippen LogP contribution in [-0.2, 0) is 4.79 Å². The van der Waals surface area contributed by atoms with E-state index in [1.165, 1.54) is 19.3 Å². The number of rotatable bonds is 4. The summed E-state index contributed by atoms with van der Waals surface area (Å²) in [6.45, 7) is 6.27. The molecule has 1 rings (SSSR count). The molecule has 3 heteroatoms. The van der Waals surface area contributed by atoms with Crippen LogP contribution in [0, 0.1) is 0 Å². The van der Waals surface area contributed by atoms with Gasteiger partial charge in [0.15, 0.2) is 0 Å². The van der Waals surface area contributed by atoms with Crippen molar-refractivity contribution < 1.29 is 4.79 Å². The Balaban J connectivity index is 2.29. The van der Waals surface area contributed by atoms with Gasteiger partial charge in [0.1, 0.15) is 0 Å². The topological polar surface area (TPSA) is 32.7 Å². The standard InChI is InChI=1S/C11H20N2O/c1-10-5-3-6-11(2)13(10)8-4-7-12-9-14/h10-11H,3-8H2,1-2H3. The molecule has 1 fully saturated rings. The van der Waals surface area contributed by atoms with Crippen molar-refractivity contribution in [3.05, 3.63) is 0 Å². The zero-order chi connectivity index (χ0) is 10.4. The van der Waals surface area contributed by atoms with Gasteiger partial charge < -0.3 is 0 Å². The molecule has 0 N–H and O–H groups in total. The van der Waals surface area contributed by atoms with E-state index in [0.717, 1.165) is 13.0 Å². The van der Waals surface area contributed by atoms with E-state index in [0.29, 0.717) is 18.6 Å². The lowest BCUT2D eigenvalue weighted by Gasteiger charge is -2.38. The predicted octanol–water partition coefficient (Wildman–Crippen LogP) is 1.98. The zero-order valence-corrected chi connectivity index (χ0v) is 9.20. The third kappa shape index (κ3) is 3.24. The summed E-state index contributed by atoms with van der Waals surface area (Å²) < 4.78 is 0. The van der Waals surface area contributed by atoms with Crippen molar-refractivity contribution >= 4 is 6.08 Å². The Hall–Kier alpha value is -0.660. The van der Waals surface area contributed by atoms with Crippen molar-refractivity contribution in [2.75, 3.05) is 13.1 Å². The molecule has 0 aromatic rings. The average Bonchev–Trinajstić information content (AvgIpc) is 2.16. The first-order valence-electron chi connectivity index (χ1n) is 5.55. The van der Waals surface area contributed by atoms with Crippen molar-refractivity contribution in [2.24, 2.45) is 4.99 Å². The fraction of sp³-hybridized carbons (Fsp3) is 0.909. The van der Waals surface area contributed by atoms with Crippen LogP contribution in [-0.4, -0.2) is 36.2 Å². The summed E-state index contributed by atoms with van der Waals surface area (Å²) in [5, 5.41) is 0. The number of aliphatic imine (C=N–C) groups is 1. The van der Waals surface area contributed by atoms with E-state index < -0.39 is 0 Å². The highest BCUT2D eigenvalue weighted by Gasteiger charge is 2.23. The Bertz CT molecular complexity index is 201. The van der Waals surface area contributed by atoms with Crippen LogP contribution in [0.25, 0.3) is 0 Å². The van der Waals surface area contributed by atoms with Crippen LogP contribution in [0.2, 0.25) is 0 Å². The molecule has 0 saturated carbocycles. The number of nitrogens with zero attached hydrogens (tertiary/aromatic N) is 2. The highest BCUT2D eigenvalue weighted by atomic mass is 16.1. The molecule has 0 aromatic carbocycles. The fourth-order valence-corrected chi connectivity index (χ4v) is 2.29. The van der Waals surface area contributed by atoms with Gasteiger partial charge in [0.05, 0.1) is 6.54 Å². The van der Waals surface area contributed by atoms with Crippen molar-refractivity contribution in [3.8, 4) is 0 Å². The summed E-state index contributed by atoms with van der Waals surface area (Å²) in [6, 6.07) is 1.39. The Morgan fingerprint density at radius 1 is 1.36 bits per heavy atom. The van der Waals surface area contributed by atoms with Crippen LogP contribution in [0.1, 0.15) is 39.5 Å². The molecule has 0 aromatic heterocycles. The summed E-state index contributed by atoms with van der Waals surface area (Å²) in [7, 11) is 0. The van der Waals surface area contributed by atoms with Gasteiger partial charge in [-0.25, -0.2) is 9.79 Å². The maximum absolute atomic E-state index is 9.88. The quantitative estimate of drug-likeness (QED) is 0.391. The molecule has 2 atom stereocenters. The van der Waals surface area contributed by atoms with Gasteiger partial charge in [0.25, 0.3) is 0 Å². The van der Waals surface area contributed by atoms with Gasteiger partial charge in [-0.2, -0.15) is 0 Å². The molecule has 0 radical (unpaired) electrons. The molecule has 1 aliphatic heterocycles. The summed E-state index contributed by atoms with van der Waals surface area (Å²) in [6.07, 6.45) is 6.53. The molecule has 1 aliphatic rings. The summed E-state index contributed by atoms with van der Waals surface area (Å²) >= 11 is 0. The maximum Gasteiger partial charge on any atom is 0.234 e. The molecule has 0 aliphatic carbocycles. The lowest BCUT2D eigenvalue weighted by molar-refractivity contribution is 0.103. The third-order valence-corrected chi connectivity index (χ3v) is 3.13. The fourth-order valence-electron chi connectivity index (χ4n) is 2.29. The molecule has 2 unspecified atom stereocenters. The molecule has 0 spiro atoms. The number of piperidine rings is 1. The van der Waals surface area contributed by atoms with Crippen LogP contribution >= 0.6 is 0 Å². The summed E-state index contributed by atoms with van der Waals surface area (Å²) in [4.78, 5) is 16.0. The average molecular weight is 196 g/mol. The summed E-state index contributed by atoms with van der Waals surface area (Å²) in [5.74, 6) is 0. The van der Waals surface area contributed by atoms with Crippen LogP contribution < -0.4 is 0 Å². The highest BCUT2D eigenvalue weighted by Crippen LogP contribution is 2.22. The van der Waals surface area contributed by atoms with Crippen molar-refractivity contribution in [2.45, 2.75) is 51.6 Å². The second-order valence-corrected chi connectivity index (χ2v) is 4.19. The van der Waals surface area contributed by atoms with Crippen LogP contribution in [0.4, 0.5) is 0 Å². The van der Waals surface area contributed by atoms with E-state index in [4.69, 9.17) is 0 Å². The molecule has 0 bridgehead atoms. The van der Waals surface area contributed by atoms with Gasteiger partial charge in [-0.1, -0.05) is 6.42 Å². The second-order valence-electron chi connectivity index (χ2n) is 4.19. The molecule has 1 heterocycles. The molecular weight excluding hydrogens is 176 g/mol. The molecule has 1 saturated heterocycles. The smallest absolute Gasteiger partial charge is 0.234 e. The first-order valence-corrected chi connectivity index (χ1v) is 5.55. The van der Waals surface area contributed by atoms with Gasteiger partial charge in [0.2, 0.25) is 6.08 Å². The van der Waals surface area contributed by atoms with Gasteiger partial charge in [0, 0.05) is 18.6 Å².